The molecular weight excluding hydrogens is 320 g/mol. The Kier molecular flexibility index (Phi) is 4.14. The molecule has 0 spiro atoms. The molecule has 1 atom stereocenters. The van der Waals surface area contributed by atoms with E-state index in [9.17, 15) is 0 Å². The van der Waals surface area contributed by atoms with Crippen LogP contribution >= 0.6 is 27.3 Å². The van der Waals surface area contributed by atoms with E-state index in [0.29, 0.717) is 0 Å². The van der Waals surface area contributed by atoms with Crippen LogP contribution in [0.3, 0.4) is 0 Å². The van der Waals surface area contributed by atoms with Gasteiger partial charge in [-0.15, -0.1) is 11.3 Å². The number of rotatable bonds is 2. The zero-order chi connectivity index (χ0) is 14.2. The van der Waals surface area contributed by atoms with Gasteiger partial charge in [-0.2, -0.15) is 0 Å². The van der Waals surface area contributed by atoms with Crippen LogP contribution in [-0.4, -0.2) is 4.98 Å². The fourth-order valence-corrected chi connectivity index (χ4v) is 3.60. The van der Waals surface area contributed by atoms with Crippen LogP contribution in [0.4, 0.5) is 0 Å². The van der Waals surface area contributed by atoms with Crippen LogP contribution in [0.2, 0.25) is 0 Å². The zero-order valence-corrected chi connectivity index (χ0v) is 14.1. The lowest BCUT2D eigenvalue weighted by Gasteiger charge is -2.15. The van der Waals surface area contributed by atoms with Gasteiger partial charge in [-0.05, 0) is 24.1 Å². The molecule has 1 unspecified atom stereocenters. The monoisotopic (exact) mass is 338 g/mol. The van der Waals surface area contributed by atoms with E-state index >= 15 is 0 Å². The van der Waals surface area contributed by atoms with E-state index in [4.69, 9.17) is 10.7 Å². The molecule has 1 heterocycles. The predicted molar refractivity (Wildman–Crippen MR) is 85.7 cm³/mol. The maximum absolute atomic E-state index is 6.34. The van der Waals surface area contributed by atoms with Gasteiger partial charge < -0.3 is 5.73 Å². The van der Waals surface area contributed by atoms with E-state index < -0.39 is 0 Å². The van der Waals surface area contributed by atoms with Gasteiger partial charge in [-0.3, -0.25) is 0 Å². The summed E-state index contributed by atoms with van der Waals surface area (Å²) < 4.78 is 1.05. The molecular formula is C15H19BrN2S. The largest absolute Gasteiger partial charge is 0.318 e. The maximum Gasteiger partial charge on any atom is 0.114 e. The predicted octanol–water partition coefficient (Wildman–Crippen LogP) is 4.56. The molecule has 2 aromatic rings. The highest BCUT2D eigenvalue weighted by molar-refractivity contribution is 9.10. The molecule has 0 radical (unpaired) electrons. The molecule has 0 saturated carbocycles. The van der Waals surface area contributed by atoms with E-state index in [1.807, 2.05) is 0 Å². The Morgan fingerprint density at radius 2 is 2.00 bits per heavy atom. The molecule has 0 aliphatic heterocycles. The first kappa shape index (κ1) is 14.7. The van der Waals surface area contributed by atoms with Crippen molar-refractivity contribution >= 4 is 27.3 Å². The normalized spacial score (nSPS) is 13.6. The number of nitrogens with zero attached hydrogens (tertiary/aromatic N) is 1. The second kappa shape index (κ2) is 5.35. The van der Waals surface area contributed by atoms with Crippen molar-refractivity contribution in [1.82, 2.24) is 4.98 Å². The summed E-state index contributed by atoms with van der Waals surface area (Å²) in [7, 11) is 0. The number of hydrogen-bond donors (Lipinski definition) is 1. The molecule has 0 bridgehead atoms. The van der Waals surface area contributed by atoms with Crippen LogP contribution in [0, 0.1) is 6.92 Å². The minimum Gasteiger partial charge on any atom is -0.318 e. The summed E-state index contributed by atoms with van der Waals surface area (Å²) in [6.45, 7) is 8.57. The molecule has 2 nitrogen and oxygen atoms in total. The summed E-state index contributed by atoms with van der Waals surface area (Å²) in [5.41, 5.74) is 9.82. The van der Waals surface area contributed by atoms with Crippen LogP contribution in [-0.2, 0) is 5.41 Å². The Bertz CT molecular complexity index is 584. The minimum absolute atomic E-state index is 0.0684. The van der Waals surface area contributed by atoms with Gasteiger partial charge in [0.2, 0.25) is 0 Å². The van der Waals surface area contributed by atoms with Crippen LogP contribution < -0.4 is 5.73 Å². The lowest BCUT2D eigenvalue weighted by atomic mass is 9.93. The van der Waals surface area contributed by atoms with E-state index in [1.165, 1.54) is 5.56 Å². The molecule has 2 rings (SSSR count). The van der Waals surface area contributed by atoms with E-state index in [0.717, 1.165) is 20.7 Å². The first-order chi connectivity index (χ1) is 8.79. The summed E-state index contributed by atoms with van der Waals surface area (Å²) in [5, 5.41) is 3.08. The van der Waals surface area contributed by atoms with Crippen molar-refractivity contribution in [2.24, 2.45) is 5.73 Å². The summed E-state index contributed by atoms with van der Waals surface area (Å²) in [6, 6.07) is 6.07. The van der Waals surface area contributed by atoms with Crippen molar-refractivity contribution in [3.05, 3.63) is 49.9 Å². The van der Waals surface area contributed by atoms with Crippen molar-refractivity contribution in [3.63, 3.8) is 0 Å². The van der Waals surface area contributed by atoms with Gasteiger partial charge in [0, 0.05) is 15.3 Å². The third-order valence-electron chi connectivity index (χ3n) is 3.05. The van der Waals surface area contributed by atoms with Gasteiger partial charge in [0.25, 0.3) is 0 Å². The second-order valence-electron chi connectivity index (χ2n) is 5.82. The lowest BCUT2D eigenvalue weighted by Crippen LogP contribution is -2.15. The summed E-state index contributed by atoms with van der Waals surface area (Å²) in [5.74, 6) is 0. The highest BCUT2D eigenvalue weighted by Gasteiger charge is 2.21. The van der Waals surface area contributed by atoms with Crippen molar-refractivity contribution in [2.75, 3.05) is 0 Å². The Labute approximate surface area is 127 Å². The highest BCUT2D eigenvalue weighted by Crippen LogP contribution is 2.31. The van der Waals surface area contributed by atoms with Crippen LogP contribution in [0.5, 0.6) is 0 Å². The molecule has 1 aromatic carbocycles. The van der Waals surface area contributed by atoms with Crippen LogP contribution in [0.25, 0.3) is 0 Å². The van der Waals surface area contributed by atoms with Gasteiger partial charge in [-0.25, -0.2) is 4.98 Å². The summed E-state index contributed by atoms with van der Waals surface area (Å²) in [4.78, 5) is 4.69. The van der Waals surface area contributed by atoms with Gasteiger partial charge in [-0.1, -0.05) is 48.8 Å². The number of nitrogens with two attached hydrogens (primary N) is 1. The number of thiazole rings is 1. The third-order valence-corrected chi connectivity index (χ3v) is 4.66. The van der Waals surface area contributed by atoms with Gasteiger partial charge in [0.1, 0.15) is 5.01 Å². The van der Waals surface area contributed by atoms with Crippen LogP contribution in [0.15, 0.2) is 28.1 Å². The topological polar surface area (TPSA) is 38.9 Å². The maximum atomic E-state index is 6.34. The fraction of sp³-hybridized carbons (Fsp3) is 0.400. The molecule has 0 aliphatic rings. The van der Waals surface area contributed by atoms with Gasteiger partial charge >= 0.3 is 0 Å². The van der Waals surface area contributed by atoms with Crippen molar-refractivity contribution in [2.45, 2.75) is 39.2 Å². The zero-order valence-electron chi connectivity index (χ0n) is 11.7. The lowest BCUT2D eigenvalue weighted by molar-refractivity contribution is 0.569. The molecule has 0 aliphatic carbocycles. The van der Waals surface area contributed by atoms with Crippen molar-refractivity contribution in [1.29, 1.82) is 0 Å². The number of benzene rings is 1. The first-order valence-corrected chi connectivity index (χ1v) is 7.94. The molecule has 0 fully saturated rings. The summed E-state index contributed by atoms with van der Waals surface area (Å²) >= 11 is 5.22. The molecule has 0 amide bonds. The number of aryl methyl sites for hydroxylation is 1. The smallest absolute Gasteiger partial charge is 0.114 e. The van der Waals surface area contributed by atoms with Crippen molar-refractivity contribution in [3.8, 4) is 0 Å². The third kappa shape index (κ3) is 3.25. The minimum atomic E-state index is -0.170. The van der Waals surface area contributed by atoms with Crippen molar-refractivity contribution < 1.29 is 0 Å². The first-order valence-electron chi connectivity index (χ1n) is 6.26. The molecule has 2 N–H and O–H groups in total. The molecule has 1 aromatic heterocycles. The standard InChI is InChI=1S/C15H19BrN2S/c1-9-5-6-10(11(16)7-9)13(17)14-18-12(8-19-14)15(2,3)4/h5-8,13H,17H2,1-4H3. The molecule has 4 heteroatoms. The molecule has 102 valence electrons. The van der Waals surface area contributed by atoms with Gasteiger partial charge in [0.05, 0.1) is 11.7 Å². The average Bonchev–Trinajstić information content (AvgIpc) is 2.76. The Morgan fingerprint density at radius 1 is 1.32 bits per heavy atom. The van der Waals surface area contributed by atoms with E-state index in [2.05, 4.69) is 67.2 Å². The van der Waals surface area contributed by atoms with Crippen LogP contribution in [0.1, 0.15) is 48.6 Å². The number of hydrogen-bond acceptors (Lipinski definition) is 3. The molecule has 0 saturated heterocycles. The number of halogens is 1. The second-order valence-corrected chi connectivity index (χ2v) is 7.57. The summed E-state index contributed by atoms with van der Waals surface area (Å²) in [6.07, 6.45) is 0. The van der Waals surface area contributed by atoms with E-state index in [-0.39, 0.29) is 11.5 Å². The van der Waals surface area contributed by atoms with Gasteiger partial charge in [0.15, 0.2) is 0 Å². The average molecular weight is 339 g/mol. The SMILES string of the molecule is Cc1ccc(C(N)c2nc(C(C)(C)C)cs2)c(Br)c1. The Hall–Kier alpha value is -0.710. The van der Waals surface area contributed by atoms with E-state index in [1.54, 1.807) is 11.3 Å². The Balaban J connectivity index is 2.34. The highest BCUT2D eigenvalue weighted by atomic mass is 79.9. The molecule has 19 heavy (non-hydrogen) atoms. The Morgan fingerprint density at radius 3 is 2.53 bits per heavy atom. The quantitative estimate of drug-likeness (QED) is 0.871. The number of aromatic nitrogens is 1. The fourth-order valence-electron chi connectivity index (χ4n) is 1.79.